The van der Waals surface area contributed by atoms with E-state index in [1.807, 2.05) is 6.92 Å². The third-order valence-corrected chi connectivity index (χ3v) is 3.39. The fraction of sp³-hybridized carbons (Fsp3) is 0.267. The standard InChI is InChI=1S/C15H17N3O4S/c1-3-21-11-7-5-10(6-8-11)16-14(20)18-15-17-12(9-23-15)13(19)22-4-2/h5-9H,3-4H2,1-2H3,(H2,16,17,18,20). The van der Waals surface area contributed by atoms with E-state index in [0.29, 0.717) is 17.4 Å². The summed E-state index contributed by atoms with van der Waals surface area (Å²) in [5, 5.41) is 7.08. The summed E-state index contributed by atoms with van der Waals surface area (Å²) in [6.07, 6.45) is 0. The number of ether oxygens (including phenoxy) is 2. The van der Waals surface area contributed by atoms with Gasteiger partial charge in [-0.05, 0) is 38.1 Å². The Morgan fingerprint density at radius 3 is 2.52 bits per heavy atom. The fourth-order valence-electron chi connectivity index (χ4n) is 1.69. The van der Waals surface area contributed by atoms with Gasteiger partial charge in [0.25, 0.3) is 0 Å². The van der Waals surface area contributed by atoms with Gasteiger partial charge in [-0.2, -0.15) is 0 Å². The van der Waals surface area contributed by atoms with Gasteiger partial charge in [0.05, 0.1) is 13.2 Å². The average molecular weight is 335 g/mol. The molecular weight excluding hydrogens is 318 g/mol. The molecule has 0 aliphatic carbocycles. The average Bonchev–Trinajstić information content (AvgIpc) is 2.98. The van der Waals surface area contributed by atoms with Crippen LogP contribution in [0.25, 0.3) is 0 Å². The first-order valence-electron chi connectivity index (χ1n) is 7.06. The van der Waals surface area contributed by atoms with Crippen molar-refractivity contribution in [2.24, 2.45) is 0 Å². The third-order valence-electron chi connectivity index (χ3n) is 2.63. The van der Waals surface area contributed by atoms with Crippen LogP contribution in [0, 0.1) is 0 Å². The highest BCUT2D eigenvalue weighted by atomic mass is 32.1. The Hall–Kier alpha value is -2.61. The van der Waals surface area contributed by atoms with E-state index in [4.69, 9.17) is 9.47 Å². The first kappa shape index (κ1) is 16.8. The quantitative estimate of drug-likeness (QED) is 0.790. The molecule has 1 heterocycles. The summed E-state index contributed by atoms with van der Waals surface area (Å²) in [4.78, 5) is 27.4. The number of hydrogen-bond donors (Lipinski definition) is 2. The highest BCUT2D eigenvalue weighted by Gasteiger charge is 2.13. The molecule has 7 nitrogen and oxygen atoms in total. The topological polar surface area (TPSA) is 89.5 Å². The van der Waals surface area contributed by atoms with Crippen molar-refractivity contribution >= 4 is 34.2 Å². The molecule has 1 aromatic carbocycles. The van der Waals surface area contributed by atoms with Crippen LogP contribution in [0.4, 0.5) is 15.6 Å². The molecule has 0 aliphatic rings. The van der Waals surface area contributed by atoms with Gasteiger partial charge in [0.1, 0.15) is 5.75 Å². The van der Waals surface area contributed by atoms with E-state index in [1.165, 1.54) is 5.38 Å². The van der Waals surface area contributed by atoms with Gasteiger partial charge in [-0.15, -0.1) is 11.3 Å². The van der Waals surface area contributed by atoms with Gasteiger partial charge in [-0.1, -0.05) is 0 Å². The molecule has 0 aliphatic heterocycles. The van der Waals surface area contributed by atoms with E-state index in [2.05, 4.69) is 15.6 Å². The molecule has 0 saturated heterocycles. The number of thiazole rings is 1. The Balaban J connectivity index is 1.90. The minimum absolute atomic E-state index is 0.174. The van der Waals surface area contributed by atoms with Crippen LogP contribution in [0.15, 0.2) is 29.6 Å². The fourth-order valence-corrected chi connectivity index (χ4v) is 2.37. The number of urea groups is 1. The van der Waals surface area contributed by atoms with E-state index >= 15 is 0 Å². The van der Waals surface area contributed by atoms with Crippen molar-refractivity contribution in [3.8, 4) is 5.75 Å². The van der Waals surface area contributed by atoms with E-state index in [1.54, 1.807) is 31.2 Å². The van der Waals surface area contributed by atoms with Crippen LogP contribution < -0.4 is 15.4 Å². The highest BCUT2D eigenvalue weighted by molar-refractivity contribution is 7.14. The molecule has 122 valence electrons. The molecule has 0 radical (unpaired) electrons. The second-order valence-electron chi connectivity index (χ2n) is 4.29. The number of amides is 2. The second kappa shape index (κ2) is 8.14. The summed E-state index contributed by atoms with van der Waals surface area (Å²) < 4.78 is 10.2. The molecule has 0 saturated carbocycles. The number of anilines is 2. The van der Waals surface area contributed by atoms with E-state index in [9.17, 15) is 9.59 Å². The van der Waals surface area contributed by atoms with Gasteiger partial charge < -0.3 is 14.8 Å². The first-order chi connectivity index (χ1) is 11.1. The molecule has 0 spiro atoms. The summed E-state index contributed by atoms with van der Waals surface area (Å²) in [6.45, 7) is 4.48. The predicted octanol–water partition coefficient (Wildman–Crippen LogP) is 3.36. The Morgan fingerprint density at radius 2 is 1.87 bits per heavy atom. The molecule has 23 heavy (non-hydrogen) atoms. The predicted molar refractivity (Wildman–Crippen MR) is 88.3 cm³/mol. The number of hydrogen-bond acceptors (Lipinski definition) is 6. The number of esters is 1. The Morgan fingerprint density at radius 1 is 1.13 bits per heavy atom. The number of benzene rings is 1. The number of carbonyl (C=O) groups is 2. The lowest BCUT2D eigenvalue weighted by Gasteiger charge is -2.07. The van der Waals surface area contributed by atoms with Crippen LogP contribution in [0.2, 0.25) is 0 Å². The van der Waals surface area contributed by atoms with Crippen molar-refractivity contribution in [3.63, 3.8) is 0 Å². The van der Waals surface area contributed by atoms with Crippen LogP contribution >= 0.6 is 11.3 Å². The number of rotatable bonds is 6. The lowest BCUT2D eigenvalue weighted by Crippen LogP contribution is -2.19. The molecule has 8 heteroatoms. The molecule has 1 aromatic heterocycles. The number of nitrogens with one attached hydrogen (secondary N) is 2. The van der Waals surface area contributed by atoms with Crippen molar-refractivity contribution in [1.29, 1.82) is 0 Å². The molecule has 2 aromatic rings. The molecule has 0 atom stereocenters. The zero-order valence-electron chi connectivity index (χ0n) is 12.8. The molecule has 0 fully saturated rings. The largest absolute Gasteiger partial charge is 0.494 e. The van der Waals surface area contributed by atoms with E-state index in [0.717, 1.165) is 17.1 Å². The van der Waals surface area contributed by atoms with Crippen LogP contribution in [0.5, 0.6) is 5.75 Å². The summed E-state index contributed by atoms with van der Waals surface area (Å²) in [6, 6.07) is 6.55. The zero-order chi connectivity index (χ0) is 16.7. The minimum atomic E-state index is -0.510. The minimum Gasteiger partial charge on any atom is -0.494 e. The maximum Gasteiger partial charge on any atom is 0.357 e. The van der Waals surface area contributed by atoms with Gasteiger partial charge in [-0.3, -0.25) is 5.32 Å². The maximum absolute atomic E-state index is 11.9. The van der Waals surface area contributed by atoms with Gasteiger partial charge >= 0.3 is 12.0 Å². The maximum atomic E-state index is 11.9. The smallest absolute Gasteiger partial charge is 0.357 e. The molecular formula is C15H17N3O4S. The SMILES string of the molecule is CCOC(=O)c1csc(NC(=O)Nc2ccc(OCC)cc2)n1. The monoisotopic (exact) mass is 335 g/mol. The normalized spacial score (nSPS) is 10.0. The second-order valence-corrected chi connectivity index (χ2v) is 5.15. The van der Waals surface area contributed by atoms with E-state index < -0.39 is 12.0 Å². The van der Waals surface area contributed by atoms with Gasteiger partial charge in [0.15, 0.2) is 10.8 Å². The van der Waals surface area contributed by atoms with Gasteiger partial charge in [0, 0.05) is 11.1 Å². The number of aromatic nitrogens is 1. The number of nitrogens with zero attached hydrogens (tertiary/aromatic N) is 1. The Bertz CT molecular complexity index is 670. The lowest BCUT2D eigenvalue weighted by atomic mass is 10.3. The van der Waals surface area contributed by atoms with Crippen molar-refractivity contribution in [1.82, 2.24) is 4.98 Å². The lowest BCUT2D eigenvalue weighted by molar-refractivity contribution is 0.0520. The summed E-state index contributed by atoms with van der Waals surface area (Å²) in [7, 11) is 0. The third kappa shape index (κ3) is 4.96. The Kier molecular flexibility index (Phi) is 5.93. The molecule has 0 bridgehead atoms. The molecule has 2 amide bonds. The van der Waals surface area contributed by atoms with Crippen LogP contribution in [0.1, 0.15) is 24.3 Å². The van der Waals surface area contributed by atoms with Crippen molar-refractivity contribution in [2.75, 3.05) is 23.8 Å². The first-order valence-corrected chi connectivity index (χ1v) is 7.93. The van der Waals surface area contributed by atoms with Gasteiger partial charge in [0.2, 0.25) is 0 Å². The van der Waals surface area contributed by atoms with Crippen LogP contribution in [-0.2, 0) is 4.74 Å². The summed E-state index contributed by atoms with van der Waals surface area (Å²) in [5.41, 5.74) is 0.793. The van der Waals surface area contributed by atoms with Crippen LogP contribution in [-0.4, -0.2) is 30.2 Å². The van der Waals surface area contributed by atoms with Crippen molar-refractivity contribution < 1.29 is 19.1 Å². The summed E-state index contributed by atoms with van der Waals surface area (Å²) >= 11 is 1.15. The highest BCUT2D eigenvalue weighted by Crippen LogP contribution is 2.18. The molecule has 2 N–H and O–H groups in total. The van der Waals surface area contributed by atoms with Gasteiger partial charge in [-0.25, -0.2) is 14.6 Å². The summed E-state index contributed by atoms with van der Waals surface area (Å²) in [5.74, 6) is 0.223. The zero-order valence-corrected chi connectivity index (χ0v) is 13.6. The van der Waals surface area contributed by atoms with Crippen LogP contribution in [0.3, 0.4) is 0 Å². The Labute approximate surface area is 137 Å². The van der Waals surface area contributed by atoms with E-state index in [-0.39, 0.29) is 12.3 Å². The van der Waals surface area contributed by atoms with Crippen molar-refractivity contribution in [3.05, 3.63) is 35.3 Å². The molecule has 2 rings (SSSR count). The van der Waals surface area contributed by atoms with Crippen molar-refractivity contribution in [2.45, 2.75) is 13.8 Å². The molecule has 0 unspecified atom stereocenters. The number of carbonyl (C=O) groups excluding carboxylic acids is 2.